The maximum Gasteiger partial charge on any atom is 0.206 e. The molecular formula is C21H20ClN3O2S. The Labute approximate surface area is 173 Å². The summed E-state index contributed by atoms with van der Waals surface area (Å²) >= 11 is 7.64. The number of para-hydroxylation sites is 1. The quantitative estimate of drug-likeness (QED) is 0.555. The molecule has 0 amide bonds. The third-order valence-electron chi connectivity index (χ3n) is 4.68. The van der Waals surface area contributed by atoms with Crippen LogP contribution in [-0.4, -0.2) is 24.9 Å². The Morgan fingerprint density at radius 2 is 1.89 bits per heavy atom. The van der Waals surface area contributed by atoms with Crippen molar-refractivity contribution in [3.8, 4) is 11.5 Å². The number of nitrogens with zero attached hydrogens (tertiary/aromatic N) is 3. The van der Waals surface area contributed by atoms with Crippen LogP contribution in [0.25, 0.3) is 0 Å². The molecule has 1 aliphatic heterocycles. The van der Waals surface area contributed by atoms with E-state index in [4.69, 9.17) is 26.2 Å². The smallest absolute Gasteiger partial charge is 0.206 e. The standard InChI is InChI=1S/C21H20ClN3O2S/c1-13-12-28-21(23-13)25-18(16-5-4-6-19(26-2)20(16)27-3)11-17(24-25)14-7-9-15(22)10-8-14/h4-10,12,18H,11H2,1-3H3/t18-/m0/s1. The fraction of sp³-hybridized carbons (Fsp3) is 0.238. The van der Waals surface area contributed by atoms with Gasteiger partial charge in [-0.05, 0) is 30.7 Å². The molecule has 0 bridgehead atoms. The number of methoxy groups -OCH3 is 2. The minimum atomic E-state index is -0.0405. The van der Waals surface area contributed by atoms with E-state index in [0.29, 0.717) is 10.8 Å². The second-order valence-corrected chi connectivity index (χ2v) is 7.75. The van der Waals surface area contributed by atoms with Crippen molar-refractivity contribution in [2.24, 2.45) is 5.10 Å². The minimum absolute atomic E-state index is 0.0405. The molecule has 0 spiro atoms. The Hall–Kier alpha value is -2.57. The third-order valence-corrected chi connectivity index (χ3v) is 5.88. The van der Waals surface area contributed by atoms with Crippen LogP contribution in [0.1, 0.15) is 29.3 Å². The fourth-order valence-electron chi connectivity index (χ4n) is 3.37. The molecule has 1 atom stereocenters. The number of aromatic nitrogens is 1. The van der Waals surface area contributed by atoms with Crippen LogP contribution in [0.4, 0.5) is 5.13 Å². The number of hydrazone groups is 1. The van der Waals surface area contributed by atoms with E-state index in [1.54, 1.807) is 25.6 Å². The van der Waals surface area contributed by atoms with Crippen LogP contribution < -0.4 is 14.5 Å². The largest absolute Gasteiger partial charge is 0.493 e. The molecule has 144 valence electrons. The summed E-state index contributed by atoms with van der Waals surface area (Å²) in [5.41, 5.74) is 4.03. The van der Waals surface area contributed by atoms with Crippen LogP contribution in [0, 0.1) is 6.92 Å². The molecule has 28 heavy (non-hydrogen) atoms. The first-order valence-corrected chi connectivity index (χ1v) is 10.1. The van der Waals surface area contributed by atoms with E-state index in [0.717, 1.165) is 39.8 Å². The Bertz CT molecular complexity index is 1020. The van der Waals surface area contributed by atoms with E-state index in [9.17, 15) is 0 Å². The molecule has 0 aliphatic carbocycles. The molecule has 0 N–H and O–H groups in total. The molecule has 5 nitrogen and oxygen atoms in total. The Morgan fingerprint density at radius 1 is 1.11 bits per heavy atom. The lowest BCUT2D eigenvalue weighted by molar-refractivity contribution is 0.349. The van der Waals surface area contributed by atoms with Crippen LogP contribution in [0.15, 0.2) is 52.9 Å². The van der Waals surface area contributed by atoms with Gasteiger partial charge in [0.05, 0.1) is 31.7 Å². The van der Waals surface area contributed by atoms with Gasteiger partial charge in [0.1, 0.15) is 0 Å². The van der Waals surface area contributed by atoms with Crippen molar-refractivity contribution < 1.29 is 9.47 Å². The number of rotatable bonds is 5. The van der Waals surface area contributed by atoms with Gasteiger partial charge in [-0.1, -0.05) is 35.9 Å². The average molecular weight is 414 g/mol. The zero-order valence-corrected chi connectivity index (χ0v) is 17.4. The van der Waals surface area contributed by atoms with Crippen LogP contribution in [0.2, 0.25) is 5.02 Å². The van der Waals surface area contributed by atoms with Gasteiger partial charge in [0.2, 0.25) is 5.13 Å². The van der Waals surface area contributed by atoms with Crippen molar-refractivity contribution in [2.75, 3.05) is 19.2 Å². The maximum absolute atomic E-state index is 6.05. The number of halogens is 1. The number of aryl methyl sites for hydroxylation is 1. The van der Waals surface area contributed by atoms with E-state index in [1.807, 2.05) is 53.7 Å². The minimum Gasteiger partial charge on any atom is -0.493 e. The molecule has 0 unspecified atom stereocenters. The topological polar surface area (TPSA) is 47.0 Å². The van der Waals surface area contributed by atoms with Gasteiger partial charge in [0, 0.05) is 22.4 Å². The fourth-order valence-corrected chi connectivity index (χ4v) is 4.29. The summed E-state index contributed by atoms with van der Waals surface area (Å²) in [6, 6.07) is 13.7. The van der Waals surface area contributed by atoms with E-state index >= 15 is 0 Å². The molecule has 7 heteroatoms. The number of ether oxygens (including phenoxy) is 2. The Balaban J connectivity index is 1.79. The van der Waals surface area contributed by atoms with E-state index < -0.39 is 0 Å². The molecule has 0 saturated carbocycles. The summed E-state index contributed by atoms with van der Waals surface area (Å²) in [7, 11) is 3.31. The first-order valence-electron chi connectivity index (χ1n) is 8.86. The predicted molar refractivity (Wildman–Crippen MR) is 114 cm³/mol. The van der Waals surface area contributed by atoms with Crippen molar-refractivity contribution >= 4 is 33.8 Å². The highest BCUT2D eigenvalue weighted by atomic mass is 35.5. The second-order valence-electron chi connectivity index (χ2n) is 6.47. The average Bonchev–Trinajstić information content (AvgIpc) is 3.34. The van der Waals surface area contributed by atoms with Crippen LogP contribution in [0.5, 0.6) is 11.5 Å². The van der Waals surface area contributed by atoms with Crippen LogP contribution in [-0.2, 0) is 0 Å². The third kappa shape index (κ3) is 3.45. The molecule has 0 fully saturated rings. The monoisotopic (exact) mass is 413 g/mol. The van der Waals surface area contributed by atoms with Crippen LogP contribution in [0.3, 0.4) is 0 Å². The SMILES string of the molecule is COc1cccc([C@@H]2CC(c3ccc(Cl)cc3)=NN2c2nc(C)cs2)c1OC. The first kappa shape index (κ1) is 18.8. The summed E-state index contributed by atoms with van der Waals surface area (Å²) in [6.07, 6.45) is 0.726. The highest BCUT2D eigenvalue weighted by Crippen LogP contribution is 2.44. The van der Waals surface area contributed by atoms with Gasteiger partial charge < -0.3 is 9.47 Å². The van der Waals surface area contributed by atoms with Gasteiger partial charge >= 0.3 is 0 Å². The van der Waals surface area contributed by atoms with Crippen molar-refractivity contribution in [2.45, 2.75) is 19.4 Å². The van der Waals surface area contributed by atoms with Gasteiger partial charge in [0.15, 0.2) is 11.5 Å². The summed E-state index contributed by atoms with van der Waals surface area (Å²) in [6.45, 7) is 1.99. The first-order chi connectivity index (χ1) is 13.6. The molecule has 0 saturated heterocycles. The van der Waals surface area contributed by atoms with Gasteiger partial charge in [-0.15, -0.1) is 11.3 Å². The van der Waals surface area contributed by atoms with E-state index in [1.165, 1.54) is 0 Å². The lowest BCUT2D eigenvalue weighted by Gasteiger charge is -2.23. The highest BCUT2D eigenvalue weighted by molar-refractivity contribution is 7.13. The Morgan fingerprint density at radius 3 is 2.54 bits per heavy atom. The number of benzene rings is 2. The van der Waals surface area contributed by atoms with Crippen molar-refractivity contribution in [3.63, 3.8) is 0 Å². The molecule has 4 rings (SSSR count). The molecule has 0 radical (unpaired) electrons. The molecule has 2 aromatic carbocycles. The summed E-state index contributed by atoms with van der Waals surface area (Å²) < 4.78 is 11.2. The lowest BCUT2D eigenvalue weighted by atomic mass is 9.97. The summed E-state index contributed by atoms with van der Waals surface area (Å²) in [5, 5.41) is 10.5. The molecule has 2 heterocycles. The lowest BCUT2D eigenvalue weighted by Crippen LogP contribution is -2.19. The van der Waals surface area contributed by atoms with E-state index in [2.05, 4.69) is 11.1 Å². The van der Waals surface area contributed by atoms with Gasteiger partial charge in [-0.3, -0.25) is 0 Å². The van der Waals surface area contributed by atoms with Crippen molar-refractivity contribution in [1.82, 2.24) is 4.98 Å². The van der Waals surface area contributed by atoms with Crippen LogP contribution >= 0.6 is 22.9 Å². The summed E-state index contributed by atoms with van der Waals surface area (Å²) in [5.74, 6) is 1.43. The molecular weight excluding hydrogens is 394 g/mol. The Kier molecular flexibility index (Phi) is 5.24. The normalized spacial score (nSPS) is 16.2. The number of hydrogen-bond donors (Lipinski definition) is 0. The van der Waals surface area contributed by atoms with Crippen molar-refractivity contribution in [1.29, 1.82) is 0 Å². The van der Waals surface area contributed by atoms with E-state index in [-0.39, 0.29) is 6.04 Å². The zero-order valence-electron chi connectivity index (χ0n) is 15.8. The molecule has 3 aromatic rings. The van der Waals surface area contributed by atoms with Gasteiger partial charge in [-0.2, -0.15) is 5.10 Å². The van der Waals surface area contributed by atoms with Gasteiger partial charge in [0.25, 0.3) is 0 Å². The predicted octanol–water partition coefficient (Wildman–Crippen LogP) is 5.48. The highest BCUT2D eigenvalue weighted by Gasteiger charge is 2.34. The van der Waals surface area contributed by atoms with Crippen molar-refractivity contribution in [3.05, 3.63) is 69.7 Å². The summed E-state index contributed by atoms with van der Waals surface area (Å²) in [4.78, 5) is 4.65. The number of hydrogen-bond acceptors (Lipinski definition) is 6. The maximum atomic E-state index is 6.05. The number of thiazole rings is 1. The molecule has 1 aromatic heterocycles. The number of anilines is 1. The van der Waals surface area contributed by atoms with Gasteiger partial charge in [-0.25, -0.2) is 9.99 Å². The second kappa shape index (κ2) is 7.81. The zero-order chi connectivity index (χ0) is 19.7. The molecule has 1 aliphatic rings.